The van der Waals surface area contributed by atoms with E-state index in [0.717, 1.165) is 63.7 Å². The van der Waals surface area contributed by atoms with Gasteiger partial charge < -0.3 is 14.2 Å². The minimum absolute atomic E-state index is 0.0641. The van der Waals surface area contributed by atoms with E-state index in [4.69, 9.17) is 14.2 Å². The van der Waals surface area contributed by atoms with E-state index in [2.05, 4.69) is 27.7 Å². The largest absolute Gasteiger partial charge is 0.462 e. The average molecular weight is 737 g/mol. The van der Waals surface area contributed by atoms with Gasteiger partial charge in [-0.05, 0) is 25.2 Å². The molecule has 0 aliphatic carbocycles. The summed E-state index contributed by atoms with van der Waals surface area (Å²) in [6.07, 6.45) is 39.5. The number of unbranched alkanes of at least 4 members (excludes halogenated alkanes) is 28. The smallest absolute Gasteiger partial charge is 0.306 e. The number of rotatable bonds is 41. The summed E-state index contributed by atoms with van der Waals surface area (Å²) >= 11 is 0. The van der Waals surface area contributed by atoms with E-state index in [-0.39, 0.29) is 31.1 Å². The fourth-order valence-corrected chi connectivity index (χ4v) is 6.80. The molecule has 0 N–H and O–H groups in total. The predicted octanol–water partition coefficient (Wildman–Crippen LogP) is 14.3. The van der Waals surface area contributed by atoms with Gasteiger partial charge in [-0.25, -0.2) is 0 Å². The van der Waals surface area contributed by atoms with Crippen LogP contribution in [0.4, 0.5) is 0 Å². The van der Waals surface area contributed by atoms with E-state index >= 15 is 0 Å². The molecule has 1 atom stereocenters. The first-order valence-corrected chi connectivity index (χ1v) is 22.9. The number of ether oxygens (including phenoxy) is 3. The molecule has 52 heavy (non-hydrogen) atoms. The van der Waals surface area contributed by atoms with Crippen molar-refractivity contribution in [2.75, 3.05) is 13.2 Å². The summed E-state index contributed by atoms with van der Waals surface area (Å²) in [7, 11) is 0. The normalized spacial score (nSPS) is 11.9. The zero-order chi connectivity index (χ0) is 38.2. The highest BCUT2D eigenvalue weighted by Crippen LogP contribution is 2.16. The van der Waals surface area contributed by atoms with Crippen LogP contribution in [-0.4, -0.2) is 37.2 Å². The number of carbonyl (C=O) groups is 3. The van der Waals surface area contributed by atoms with Gasteiger partial charge in [0.2, 0.25) is 0 Å². The molecule has 0 amide bonds. The Morgan fingerprint density at radius 3 is 0.942 bits per heavy atom. The Bertz CT molecular complexity index is 781. The molecule has 308 valence electrons. The van der Waals surface area contributed by atoms with Crippen molar-refractivity contribution in [3.63, 3.8) is 0 Å². The van der Waals surface area contributed by atoms with Crippen molar-refractivity contribution < 1.29 is 28.6 Å². The molecule has 0 aliphatic rings. The Hall–Kier alpha value is -1.59. The standard InChI is InChI=1S/C46H88O6/c1-5-7-9-11-13-14-15-16-17-18-22-26-30-34-38-45(48)51-41-43(40-50-44(47)37-33-29-24-12-10-8-6-2)52-46(49)39-35-31-27-23-20-19-21-25-28-32-36-42(3)4/h42-43H,5-41H2,1-4H3/t43-/m1/s1. The van der Waals surface area contributed by atoms with Crippen LogP contribution in [0.15, 0.2) is 0 Å². The third kappa shape index (κ3) is 39.6. The zero-order valence-corrected chi connectivity index (χ0v) is 35.3. The van der Waals surface area contributed by atoms with Gasteiger partial charge in [0.15, 0.2) is 6.10 Å². The molecule has 6 nitrogen and oxygen atoms in total. The first-order chi connectivity index (χ1) is 25.4. The zero-order valence-electron chi connectivity index (χ0n) is 35.3. The van der Waals surface area contributed by atoms with E-state index in [1.807, 2.05) is 0 Å². The highest BCUT2D eigenvalue weighted by Gasteiger charge is 2.19. The topological polar surface area (TPSA) is 78.9 Å². The second-order valence-corrected chi connectivity index (χ2v) is 16.2. The van der Waals surface area contributed by atoms with Crippen molar-refractivity contribution >= 4 is 17.9 Å². The van der Waals surface area contributed by atoms with Gasteiger partial charge in [-0.1, -0.05) is 214 Å². The van der Waals surface area contributed by atoms with Gasteiger partial charge in [-0.2, -0.15) is 0 Å². The maximum Gasteiger partial charge on any atom is 0.306 e. The Balaban J connectivity index is 4.26. The highest BCUT2D eigenvalue weighted by atomic mass is 16.6. The van der Waals surface area contributed by atoms with Crippen LogP contribution < -0.4 is 0 Å². The lowest BCUT2D eigenvalue weighted by Crippen LogP contribution is -2.30. The van der Waals surface area contributed by atoms with Crippen molar-refractivity contribution in [3.8, 4) is 0 Å². The summed E-state index contributed by atoms with van der Waals surface area (Å²) in [4.78, 5) is 37.6. The average Bonchev–Trinajstić information content (AvgIpc) is 3.12. The van der Waals surface area contributed by atoms with Crippen LogP contribution in [-0.2, 0) is 28.6 Å². The van der Waals surface area contributed by atoms with Crippen molar-refractivity contribution in [3.05, 3.63) is 0 Å². The quantitative estimate of drug-likeness (QED) is 0.0353. The predicted molar refractivity (Wildman–Crippen MR) is 220 cm³/mol. The van der Waals surface area contributed by atoms with Crippen molar-refractivity contribution in [2.24, 2.45) is 5.92 Å². The van der Waals surface area contributed by atoms with Gasteiger partial charge in [0.1, 0.15) is 13.2 Å². The monoisotopic (exact) mass is 737 g/mol. The Kier molecular flexibility index (Phi) is 39.4. The molecule has 0 aromatic rings. The van der Waals surface area contributed by atoms with Crippen LogP contribution in [0.2, 0.25) is 0 Å². The van der Waals surface area contributed by atoms with Gasteiger partial charge in [0.25, 0.3) is 0 Å². The summed E-state index contributed by atoms with van der Waals surface area (Å²) in [5, 5.41) is 0. The molecule has 6 heteroatoms. The summed E-state index contributed by atoms with van der Waals surface area (Å²) in [6, 6.07) is 0. The van der Waals surface area contributed by atoms with Gasteiger partial charge >= 0.3 is 17.9 Å². The van der Waals surface area contributed by atoms with E-state index < -0.39 is 6.10 Å². The molecule has 0 bridgehead atoms. The molecular weight excluding hydrogens is 648 g/mol. The minimum atomic E-state index is -0.758. The van der Waals surface area contributed by atoms with Gasteiger partial charge in [0, 0.05) is 19.3 Å². The molecule has 0 unspecified atom stereocenters. The first kappa shape index (κ1) is 50.4. The van der Waals surface area contributed by atoms with Crippen LogP contribution in [0.5, 0.6) is 0 Å². The van der Waals surface area contributed by atoms with Crippen molar-refractivity contribution in [2.45, 2.75) is 259 Å². The van der Waals surface area contributed by atoms with E-state index in [1.165, 1.54) is 148 Å². The van der Waals surface area contributed by atoms with E-state index in [0.29, 0.717) is 19.3 Å². The number of hydrogen-bond acceptors (Lipinski definition) is 6. The maximum atomic E-state index is 12.7. The molecule has 0 aliphatic heterocycles. The molecule has 0 saturated carbocycles. The fraction of sp³-hybridized carbons (Fsp3) is 0.935. The number of hydrogen-bond donors (Lipinski definition) is 0. The van der Waals surface area contributed by atoms with Crippen molar-refractivity contribution in [1.82, 2.24) is 0 Å². The molecule has 0 radical (unpaired) electrons. The highest BCUT2D eigenvalue weighted by molar-refractivity contribution is 5.71. The second-order valence-electron chi connectivity index (χ2n) is 16.2. The van der Waals surface area contributed by atoms with Crippen LogP contribution in [0.1, 0.15) is 252 Å². The lowest BCUT2D eigenvalue weighted by molar-refractivity contribution is -0.167. The lowest BCUT2D eigenvalue weighted by Gasteiger charge is -2.18. The lowest BCUT2D eigenvalue weighted by atomic mass is 10.0. The first-order valence-electron chi connectivity index (χ1n) is 22.9. The summed E-state index contributed by atoms with van der Waals surface area (Å²) in [5.41, 5.74) is 0. The number of carbonyl (C=O) groups excluding carboxylic acids is 3. The molecule has 0 heterocycles. The minimum Gasteiger partial charge on any atom is -0.462 e. The van der Waals surface area contributed by atoms with Crippen LogP contribution >= 0.6 is 0 Å². The van der Waals surface area contributed by atoms with E-state index in [1.54, 1.807) is 0 Å². The molecule has 0 spiro atoms. The number of esters is 3. The van der Waals surface area contributed by atoms with Crippen molar-refractivity contribution in [1.29, 1.82) is 0 Å². The van der Waals surface area contributed by atoms with E-state index in [9.17, 15) is 14.4 Å². The SMILES string of the molecule is CCCCCCCCCCCCCCCCC(=O)OC[C@@H](COC(=O)CCCCCCCCC)OC(=O)CCCCCCCCCCCCC(C)C. The van der Waals surface area contributed by atoms with Gasteiger partial charge in [0.05, 0.1) is 0 Å². The molecule has 0 fully saturated rings. The summed E-state index contributed by atoms with van der Waals surface area (Å²) in [6.45, 7) is 8.95. The van der Waals surface area contributed by atoms with Crippen LogP contribution in [0.3, 0.4) is 0 Å². The van der Waals surface area contributed by atoms with Gasteiger partial charge in [-0.15, -0.1) is 0 Å². The maximum absolute atomic E-state index is 12.7. The fourth-order valence-electron chi connectivity index (χ4n) is 6.80. The van der Waals surface area contributed by atoms with Crippen LogP contribution in [0, 0.1) is 5.92 Å². The Morgan fingerprint density at radius 1 is 0.365 bits per heavy atom. The molecule has 0 saturated heterocycles. The Labute approximate surface area is 323 Å². The molecule has 0 aromatic carbocycles. The molecular formula is C46H88O6. The molecule has 0 aromatic heterocycles. The molecule has 0 rings (SSSR count). The summed E-state index contributed by atoms with van der Waals surface area (Å²) < 4.78 is 16.7. The van der Waals surface area contributed by atoms with Gasteiger partial charge in [-0.3, -0.25) is 14.4 Å². The third-order valence-electron chi connectivity index (χ3n) is 10.3. The third-order valence-corrected chi connectivity index (χ3v) is 10.3. The van der Waals surface area contributed by atoms with Crippen LogP contribution in [0.25, 0.3) is 0 Å². The second kappa shape index (κ2) is 40.6. The summed E-state index contributed by atoms with van der Waals surface area (Å²) in [5.74, 6) is -0.0438. The Morgan fingerprint density at radius 2 is 0.635 bits per heavy atom.